The molecule has 5 nitrogen and oxygen atoms in total. The molecule has 0 unspecified atom stereocenters. The highest BCUT2D eigenvalue weighted by molar-refractivity contribution is 5.74. The van der Waals surface area contributed by atoms with Crippen LogP contribution < -0.4 is 20.1 Å². The molecule has 4 rings (SSSR count). The van der Waals surface area contributed by atoms with Gasteiger partial charge in [0.15, 0.2) is 0 Å². The number of ether oxygens (including phenoxy) is 2. The quantitative estimate of drug-likeness (QED) is 0.825. The Morgan fingerprint density at radius 2 is 1.88 bits per heavy atom. The van der Waals surface area contributed by atoms with Gasteiger partial charge in [0.2, 0.25) is 0 Å². The molecule has 1 aromatic rings. The smallest absolute Gasteiger partial charge is 0.315 e. The van der Waals surface area contributed by atoms with E-state index in [4.69, 9.17) is 9.47 Å². The van der Waals surface area contributed by atoms with Crippen molar-refractivity contribution in [2.75, 3.05) is 19.8 Å². The van der Waals surface area contributed by atoms with Crippen LogP contribution >= 0.6 is 0 Å². The molecule has 1 aliphatic carbocycles. The number of benzene rings is 1. The zero-order chi connectivity index (χ0) is 17.1. The molecule has 25 heavy (non-hydrogen) atoms. The van der Waals surface area contributed by atoms with Crippen molar-refractivity contribution in [1.29, 1.82) is 0 Å². The van der Waals surface area contributed by atoms with Crippen LogP contribution in [0.2, 0.25) is 0 Å². The normalized spacial score (nSPS) is 19.4. The Morgan fingerprint density at radius 3 is 2.72 bits per heavy atom. The highest BCUT2D eigenvalue weighted by Crippen LogP contribution is 2.40. The molecule has 2 aliphatic heterocycles. The first-order valence-corrected chi connectivity index (χ1v) is 9.79. The lowest BCUT2D eigenvalue weighted by molar-refractivity contribution is 0.235. The Morgan fingerprint density at radius 1 is 1.08 bits per heavy atom. The number of rotatable bonds is 4. The van der Waals surface area contributed by atoms with Crippen LogP contribution in [0.5, 0.6) is 11.5 Å². The first kappa shape index (κ1) is 16.6. The van der Waals surface area contributed by atoms with Crippen molar-refractivity contribution >= 4 is 6.03 Å². The Labute approximate surface area is 149 Å². The fraction of sp³-hybridized carbons (Fsp3) is 0.650. The van der Waals surface area contributed by atoms with Crippen LogP contribution in [0.25, 0.3) is 0 Å². The van der Waals surface area contributed by atoms with Gasteiger partial charge in [-0.15, -0.1) is 0 Å². The molecule has 0 atom stereocenters. The summed E-state index contributed by atoms with van der Waals surface area (Å²) in [5.41, 5.74) is 3.75. The van der Waals surface area contributed by atoms with Gasteiger partial charge in [-0.3, -0.25) is 0 Å². The molecule has 2 amide bonds. The number of urea groups is 1. The van der Waals surface area contributed by atoms with Crippen molar-refractivity contribution in [2.24, 2.45) is 0 Å². The molecule has 0 spiro atoms. The zero-order valence-corrected chi connectivity index (χ0v) is 14.9. The van der Waals surface area contributed by atoms with Crippen LogP contribution in [0, 0.1) is 0 Å². The van der Waals surface area contributed by atoms with Gasteiger partial charge in [0.25, 0.3) is 0 Å². The predicted molar refractivity (Wildman–Crippen MR) is 96.6 cm³/mol. The van der Waals surface area contributed by atoms with Gasteiger partial charge in [-0.05, 0) is 25.3 Å². The third-order valence-electron chi connectivity index (χ3n) is 5.61. The molecule has 136 valence electrons. The van der Waals surface area contributed by atoms with Crippen LogP contribution in [0.15, 0.2) is 6.07 Å². The first-order valence-electron chi connectivity index (χ1n) is 9.79. The highest BCUT2D eigenvalue weighted by atomic mass is 16.5. The van der Waals surface area contributed by atoms with E-state index in [1.807, 2.05) is 0 Å². The zero-order valence-electron chi connectivity index (χ0n) is 14.9. The Bertz CT molecular complexity index is 604. The first-order chi connectivity index (χ1) is 12.3. The fourth-order valence-electron chi connectivity index (χ4n) is 4.31. The van der Waals surface area contributed by atoms with Gasteiger partial charge >= 0.3 is 6.03 Å². The topological polar surface area (TPSA) is 59.6 Å². The average molecular weight is 344 g/mol. The van der Waals surface area contributed by atoms with E-state index in [1.165, 1.54) is 42.4 Å². The number of nitrogens with one attached hydrogen (secondary N) is 2. The van der Waals surface area contributed by atoms with E-state index >= 15 is 0 Å². The van der Waals surface area contributed by atoms with Gasteiger partial charge in [-0.25, -0.2) is 4.79 Å². The second-order valence-corrected chi connectivity index (χ2v) is 7.36. The summed E-state index contributed by atoms with van der Waals surface area (Å²) in [6.07, 6.45) is 9.96. The van der Waals surface area contributed by atoms with Crippen molar-refractivity contribution in [2.45, 2.75) is 63.8 Å². The van der Waals surface area contributed by atoms with E-state index in [0.29, 0.717) is 12.6 Å². The summed E-state index contributed by atoms with van der Waals surface area (Å²) in [5.74, 6) is 2.05. The van der Waals surface area contributed by atoms with E-state index in [2.05, 4.69) is 16.7 Å². The molecule has 2 N–H and O–H groups in total. The van der Waals surface area contributed by atoms with E-state index in [9.17, 15) is 4.79 Å². The molecule has 5 heteroatoms. The molecule has 1 aromatic carbocycles. The van der Waals surface area contributed by atoms with Crippen molar-refractivity contribution < 1.29 is 14.3 Å². The lowest BCUT2D eigenvalue weighted by Crippen LogP contribution is -2.42. The van der Waals surface area contributed by atoms with Gasteiger partial charge in [0.1, 0.15) is 11.5 Å². The third-order valence-corrected chi connectivity index (χ3v) is 5.61. The number of fused-ring (bicyclic) bond motifs is 2. The maximum Gasteiger partial charge on any atom is 0.315 e. The molecular weight excluding hydrogens is 316 g/mol. The summed E-state index contributed by atoms with van der Waals surface area (Å²) in [6.45, 7) is 2.13. The summed E-state index contributed by atoms with van der Waals surface area (Å²) in [7, 11) is 0. The second-order valence-electron chi connectivity index (χ2n) is 7.36. The van der Waals surface area contributed by atoms with Gasteiger partial charge in [0, 0.05) is 42.1 Å². The molecule has 0 saturated heterocycles. The van der Waals surface area contributed by atoms with Crippen molar-refractivity contribution in [3.05, 3.63) is 22.8 Å². The van der Waals surface area contributed by atoms with Crippen LogP contribution in [-0.4, -0.2) is 31.8 Å². The van der Waals surface area contributed by atoms with Gasteiger partial charge < -0.3 is 20.1 Å². The maximum atomic E-state index is 12.2. The Balaban J connectivity index is 1.34. The van der Waals surface area contributed by atoms with Gasteiger partial charge in [-0.1, -0.05) is 25.7 Å². The lowest BCUT2D eigenvalue weighted by Gasteiger charge is -2.17. The number of hydrogen-bond donors (Lipinski definition) is 2. The van der Waals surface area contributed by atoms with Crippen LogP contribution in [-0.2, 0) is 19.3 Å². The number of hydrogen-bond acceptors (Lipinski definition) is 3. The number of carbonyl (C=O) groups excluding carboxylic acids is 1. The second kappa shape index (κ2) is 7.54. The fourth-order valence-corrected chi connectivity index (χ4v) is 4.31. The van der Waals surface area contributed by atoms with Crippen LogP contribution in [0.4, 0.5) is 4.79 Å². The van der Waals surface area contributed by atoms with E-state index in [-0.39, 0.29) is 6.03 Å². The highest BCUT2D eigenvalue weighted by Gasteiger charge is 2.26. The Hall–Kier alpha value is -1.91. The number of carbonyl (C=O) groups is 1. The molecule has 2 heterocycles. The minimum atomic E-state index is -0.0340. The lowest BCUT2D eigenvalue weighted by atomic mass is 9.97. The summed E-state index contributed by atoms with van der Waals surface area (Å²) >= 11 is 0. The summed E-state index contributed by atoms with van der Waals surface area (Å²) in [5, 5.41) is 6.18. The maximum absolute atomic E-state index is 12.2. The van der Waals surface area contributed by atoms with Crippen molar-refractivity contribution in [3.8, 4) is 11.5 Å². The molecule has 0 radical (unpaired) electrons. The number of amides is 2. The molecule has 0 bridgehead atoms. The van der Waals surface area contributed by atoms with Crippen LogP contribution in [0.1, 0.15) is 55.2 Å². The van der Waals surface area contributed by atoms with Gasteiger partial charge in [0.05, 0.1) is 13.2 Å². The summed E-state index contributed by atoms with van der Waals surface area (Å²) < 4.78 is 11.6. The summed E-state index contributed by atoms with van der Waals surface area (Å²) in [4.78, 5) is 12.2. The molecular formula is C20H28N2O3. The van der Waals surface area contributed by atoms with Crippen molar-refractivity contribution in [1.82, 2.24) is 10.6 Å². The van der Waals surface area contributed by atoms with E-state index in [1.54, 1.807) is 0 Å². The molecule has 1 fully saturated rings. The standard InChI is InChI=1S/C20H28N2O3/c23-20(22-15-5-3-1-2-4-6-15)21-10-7-17-16-9-12-24-18(16)13-14-8-11-25-19(14)17/h13,15H,1-12H2,(H2,21,22,23). The molecule has 3 aliphatic rings. The SMILES string of the molecule is O=C(NCCc1c2c(cc3c1OCC3)OCC2)NC1CCCCCC1. The summed E-state index contributed by atoms with van der Waals surface area (Å²) in [6, 6.07) is 2.44. The monoisotopic (exact) mass is 344 g/mol. The van der Waals surface area contributed by atoms with Crippen LogP contribution in [0.3, 0.4) is 0 Å². The average Bonchev–Trinajstić information content (AvgIpc) is 3.19. The molecule has 0 aromatic heterocycles. The molecule has 1 saturated carbocycles. The largest absolute Gasteiger partial charge is 0.493 e. The van der Waals surface area contributed by atoms with Gasteiger partial charge in [-0.2, -0.15) is 0 Å². The van der Waals surface area contributed by atoms with Crippen molar-refractivity contribution in [3.63, 3.8) is 0 Å². The minimum Gasteiger partial charge on any atom is -0.493 e. The Kier molecular flexibility index (Phi) is 4.99. The minimum absolute atomic E-state index is 0.0340. The van der Waals surface area contributed by atoms with E-state index < -0.39 is 0 Å². The third kappa shape index (κ3) is 3.70. The predicted octanol–water partition coefficient (Wildman–Crippen LogP) is 3.12. The van der Waals surface area contributed by atoms with E-state index in [0.717, 1.165) is 56.8 Å².